The van der Waals surface area contributed by atoms with Crippen LogP contribution in [0.1, 0.15) is 16.4 Å². The molecule has 2 rings (SSSR count). The monoisotopic (exact) mass is 269 g/mol. The number of nitriles is 1. The molecule has 0 N–H and O–H groups in total. The molecular formula is C15H11NS2. The maximum absolute atomic E-state index is 9.24. The highest BCUT2D eigenvalue weighted by Crippen LogP contribution is 2.31. The van der Waals surface area contributed by atoms with Crippen LogP contribution in [-0.4, -0.2) is 4.20 Å². The highest BCUT2D eigenvalue weighted by molar-refractivity contribution is 8.23. The molecule has 0 heterocycles. The number of benzene rings is 2. The zero-order valence-electron chi connectivity index (χ0n) is 9.61. The lowest BCUT2D eigenvalue weighted by Crippen LogP contribution is -1.97. The predicted molar refractivity (Wildman–Crippen MR) is 80.5 cm³/mol. The minimum atomic E-state index is -0.251. The molecule has 0 radical (unpaired) electrons. The van der Waals surface area contributed by atoms with Crippen molar-refractivity contribution < 1.29 is 0 Å². The maximum Gasteiger partial charge on any atom is 0.122 e. The SMILES string of the molecule is N#CC(SC(=S)c1ccccc1)c1ccccc1. The number of hydrogen-bond donors (Lipinski definition) is 0. The van der Waals surface area contributed by atoms with Crippen LogP contribution in [0.25, 0.3) is 0 Å². The molecule has 0 bridgehead atoms. The number of hydrogen-bond acceptors (Lipinski definition) is 3. The van der Waals surface area contributed by atoms with Crippen molar-refractivity contribution in [2.75, 3.05) is 0 Å². The van der Waals surface area contributed by atoms with E-state index >= 15 is 0 Å². The first-order valence-electron chi connectivity index (χ1n) is 5.52. The minimum absolute atomic E-state index is 0.251. The summed E-state index contributed by atoms with van der Waals surface area (Å²) in [4.78, 5) is 0. The van der Waals surface area contributed by atoms with Crippen LogP contribution in [0.15, 0.2) is 60.7 Å². The molecule has 0 spiro atoms. The van der Waals surface area contributed by atoms with E-state index in [4.69, 9.17) is 12.2 Å². The summed E-state index contributed by atoms with van der Waals surface area (Å²) in [6.07, 6.45) is 0. The fourth-order valence-corrected chi connectivity index (χ4v) is 2.80. The van der Waals surface area contributed by atoms with Gasteiger partial charge < -0.3 is 0 Å². The second kappa shape index (κ2) is 6.34. The number of thioether (sulfide) groups is 1. The van der Waals surface area contributed by atoms with E-state index < -0.39 is 0 Å². The maximum atomic E-state index is 9.24. The topological polar surface area (TPSA) is 23.8 Å². The number of nitrogens with zero attached hydrogens (tertiary/aromatic N) is 1. The van der Waals surface area contributed by atoms with E-state index in [1.54, 1.807) is 0 Å². The van der Waals surface area contributed by atoms with Crippen molar-refractivity contribution in [3.63, 3.8) is 0 Å². The van der Waals surface area contributed by atoms with Crippen LogP contribution in [0.5, 0.6) is 0 Å². The second-order valence-electron chi connectivity index (χ2n) is 3.69. The van der Waals surface area contributed by atoms with Gasteiger partial charge in [0.15, 0.2) is 0 Å². The van der Waals surface area contributed by atoms with Gasteiger partial charge in [-0.2, -0.15) is 5.26 Å². The lowest BCUT2D eigenvalue weighted by Gasteiger charge is -2.09. The molecule has 2 aromatic carbocycles. The van der Waals surface area contributed by atoms with Gasteiger partial charge >= 0.3 is 0 Å². The van der Waals surface area contributed by atoms with E-state index in [2.05, 4.69) is 6.07 Å². The van der Waals surface area contributed by atoms with E-state index in [1.165, 1.54) is 11.8 Å². The Hall–Kier alpha value is -1.63. The van der Waals surface area contributed by atoms with Gasteiger partial charge in [-0.15, -0.1) is 0 Å². The van der Waals surface area contributed by atoms with E-state index in [9.17, 15) is 5.26 Å². The van der Waals surface area contributed by atoms with E-state index in [0.717, 1.165) is 15.3 Å². The number of rotatable bonds is 3. The molecule has 0 aliphatic carbocycles. The van der Waals surface area contributed by atoms with Crippen LogP contribution < -0.4 is 0 Å². The first-order valence-corrected chi connectivity index (χ1v) is 6.80. The predicted octanol–water partition coefficient (Wildman–Crippen LogP) is 4.36. The lowest BCUT2D eigenvalue weighted by molar-refractivity contribution is 1.23. The summed E-state index contributed by atoms with van der Waals surface area (Å²) in [5, 5.41) is 8.99. The molecule has 1 nitrogen and oxygen atoms in total. The highest BCUT2D eigenvalue weighted by Gasteiger charge is 2.14. The molecule has 88 valence electrons. The van der Waals surface area contributed by atoms with Gasteiger partial charge in [0.25, 0.3) is 0 Å². The van der Waals surface area contributed by atoms with Gasteiger partial charge in [-0.1, -0.05) is 84.6 Å². The van der Waals surface area contributed by atoms with Gasteiger partial charge in [0.05, 0.1) is 10.3 Å². The summed E-state index contributed by atoms with van der Waals surface area (Å²) in [6.45, 7) is 0. The van der Waals surface area contributed by atoms with Crippen LogP contribution in [0, 0.1) is 11.3 Å². The third-order valence-electron chi connectivity index (χ3n) is 2.45. The minimum Gasteiger partial charge on any atom is -0.197 e. The quantitative estimate of drug-likeness (QED) is 0.774. The zero-order chi connectivity index (χ0) is 12.8. The van der Waals surface area contributed by atoms with Crippen LogP contribution in [-0.2, 0) is 0 Å². The fourth-order valence-electron chi connectivity index (χ4n) is 1.55. The van der Waals surface area contributed by atoms with E-state index in [-0.39, 0.29) is 5.25 Å². The Morgan fingerprint density at radius 1 is 1.00 bits per heavy atom. The van der Waals surface area contributed by atoms with Crippen molar-refractivity contribution in [3.05, 3.63) is 71.8 Å². The van der Waals surface area contributed by atoms with Crippen molar-refractivity contribution >= 4 is 28.2 Å². The summed E-state index contributed by atoms with van der Waals surface area (Å²) in [7, 11) is 0. The van der Waals surface area contributed by atoms with E-state index in [1.807, 2.05) is 60.7 Å². The third-order valence-corrected chi connectivity index (χ3v) is 4.04. The largest absolute Gasteiger partial charge is 0.197 e. The second-order valence-corrected chi connectivity index (χ2v) is 5.47. The standard InChI is InChI=1S/C15H11NS2/c16-11-14(12-7-3-1-4-8-12)18-15(17)13-9-5-2-6-10-13/h1-10,14H. The fraction of sp³-hybridized carbons (Fsp3) is 0.0667. The summed E-state index contributed by atoms with van der Waals surface area (Å²) >= 11 is 6.80. The molecule has 3 heteroatoms. The first-order chi connectivity index (χ1) is 8.81. The van der Waals surface area contributed by atoms with Gasteiger partial charge in [-0.05, 0) is 11.1 Å². The Morgan fingerprint density at radius 3 is 2.11 bits per heavy atom. The van der Waals surface area contributed by atoms with Gasteiger partial charge in [0.2, 0.25) is 0 Å². The molecule has 0 saturated carbocycles. The summed E-state index contributed by atoms with van der Waals surface area (Å²) < 4.78 is 0.756. The van der Waals surface area contributed by atoms with E-state index in [0.29, 0.717) is 0 Å². The highest BCUT2D eigenvalue weighted by atomic mass is 32.2. The average molecular weight is 269 g/mol. The Balaban J connectivity index is 2.14. The molecule has 2 aromatic rings. The Bertz CT molecular complexity index is 558. The molecular weight excluding hydrogens is 258 g/mol. The summed E-state index contributed by atoms with van der Waals surface area (Å²) in [6, 6.07) is 21.8. The van der Waals surface area contributed by atoms with Crippen LogP contribution in [0.4, 0.5) is 0 Å². The molecule has 18 heavy (non-hydrogen) atoms. The number of thiocarbonyl (C=S) groups is 1. The van der Waals surface area contributed by atoms with Gasteiger partial charge in [0, 0.05) is 0 Å². The van der Waals surface area contributed by atoms with Gasteiger partial charge in [-0.3, -0.25) is 0 Å². The van der Waals surface area contributed by atoms with Gasteiger partial charge in [-0.25, -0.2) is 0 Å². The third kappa shape index (κ3) is 3.19. The summed E-state index contributed by atoms with van der Waals surface area (Å²) in [5.74, 6) is 0. The Kier molecular flexibility index (Phi) is 4.52. The molecule has 0 amide bonds. The van der Waals surface area contributed by atoms with Gasteiger partial charge in [0.1, 0.15) is 5.25 Å². The molecule has 0 fully saturated rings. The molecule has 0 aromatic heterocycles. The van der Waals surface area contributed by atoms with Crippen LogP contribution in [0.3, 0.4) is 0 Å². The molecule has 0 aliphatic heterocycles. The van der Waals surface area contributed by atoms with Crippen LogP contribution in [0.2, 0.25) is 0 Å². The van der Waals surface area contributed by atoms with Crippen molar-refractivity contribution in [1.82, 2.24) is 0 Å². The van der Waals surface area contributed by atoms with Crippen molar-refractivity contribution in [3.8, 4) is 6.07 Å². The lowest BCUT2D eigenvalue weighted by atomic mass is 10.2. The van der Waals surface area contributed by atoms with Crippen LogP contribution >= 0.6 is 24.0 Å². The Labute approximate surface area is 116 Å². The molecule has 1 atom stereocenters. The van der Waals surface area contributed by atoms with Crippen molar-refractivity contribution in [2.24, 2.45) is 0 Å². The Morgan fingerprint density at radius 2 is 1.56 bits per heavy atom. The summed E-state index contributed by atoms with van der Waals surface area (Å²) in [5.41, 5.74) is 1.98. The zero-order valence-corrected chi connectivity index (χ0v) is 11.2. The normalized spacial score (nSPS) is 11.5. The van der Waals surface area contributed by atoms with Crippen molar-refractivity contribution in [1.29, 1.82) is 5.26 Å². The molecule has 0 saturated heterocycles. The smallest absolute Gasteiger partial charge is 0.122 e. The van der Waals surface area contributed by atoms with Crippen molar-refractivity contribution in [2.45, 2.75) is 5.25 Å². The molecule has 1 unspecified atom stereocenters. The first kappa shape index (κ1) is 12.8. The molecule has 0 aliphatic rings. The average Bonchev–Trinajstić information content (AvgIpc) is 2.46.